The van der Waals surface area contributed by atoms with Crippen molar-refractivity contribution in [3.63, 3.8) is 0 Å². The van der Waals surface area contributed by atoms with Gasteiger partial charge in [-0.05, 0) is 23.7 Å². The summed E-state index contributed by atoms with van der Waals surface area (Å²) in [6, 6.07) is 5.24. The van der Waals surface area contributed by atoms with Gasteiger partial charge in [0.15, 0.2) is 0 Å². The summed E-state index contributed by atoms with van der Waals surface area (Å²) in [4.78, 5) is 13.9. The van der Waals surface area contributed by atoms with Gasteiger partial charge in [0.05, 0.1) is 5.02 Å². The molecule has 0 spiro atoms. The number of H-pyrrole nitrogens is 1. The molecule has 0 saturated heterocycles. The molecule has 66 valence electrons. The van der Waals surface area contributed by atoms with Crippen molar-refractivity contribution in [3.8, 4) is 0 Å². The van der Waals surface area contributed by atoms with E-state index in [0.717, 1.165) is 5.52 Å². The lowest BCUT2D eigenvalue weighted by molar-refractivity contribution is 0.108. The van der Waals surface area contributed by atoms with Crippen LogP contribution < -0.4 is 0 Å². The van der Waals surface area contributed by atoms with Crippen LogP contribution in [0.3, 0.4) is 0 Å². The number of aromatic amines is 1. The second kappa shape index (κ2) is 3.05. The largest absolute Gasteiger partial charge is 0.360 e. The fourth-order valence-corrected chi connectivity index (χ4v) is 1.72. The molecule has 2 rings (SSSR count). The van der Waals surface area contributed by atoms with Crippen molar-refractivity contribution in [2.45, 2.75) is 0 Å². The highest BCUT2D eigenvalue weighted by Gasteiger charge is 2.10. The molecule has 0 unspecified atom stereocenters. The molecule has 4 heteroatoms. The van der Waals surface area contributed by atoms with E-state index in [4.69, 9.17) is 23.2 Å². The molecule has 0 bridgehead atoms. The van der Waals surface area contributed by atoms with Crippen molar-refractivity contribution < 1.29 is 4.79 Å². The van der Waals surface area contributed by atoms with E-state index in [2.05, 4.69) is 4.98 Å². The number of carbonyl (C=O) groups excluding carboxylic acids is 1. The fraction of sp³-hybridized carbons (Fsp3) is 0. The summed E-state index contributed by atoms with van der Waals surface area (Å²) in [6.45, 7) is 0. The lowest BCUT2D eigenvalue weighted by Gasteiger charge is -1.96. The van der Waals surface area contributed by atoms with Crippen molar-refractivity contribution in [1.29, 1.82) is 0 Å². The van der Waals surface area contributed by atoms with Gasteiger partial charge < -0.3 is 4.98 Å². The predicted molar refractivity (Wildman–Crippen MR) is 53.5 cm³/mol. The second-order valence-corrected chi connectivity index (χ2v) is 3.39. The molecule has 0 aliphatic carbocycles. The Balaban J connectivity index is 2.88. The highest BCUT2D eigenvalue weighted by molar-refractivity contribution is 6.69. The number of carbonyl (C=O) groups is 1. The van der Waals surface area contributed by atoms with Crippen LogP contribution in [0.4, 0.5) is 0 Å². The first-order valence-electron chi connectivity index (χ1n) is 3.65. The zero-order valence-corrected chi connectivity index (χ0v) is 7.99. The first-order valence-corrected chi connectivity index (χ1v) is 4.41. The second-order valence-electron chi connectivity index (χ2n) is 2.64. The molecule has 13 heavy (non-hydrogen) atoms. The molecule has 2 nitrogen and oxygen atoms in total. The third-order valence-electron chi connectivity index (χ3n) is 1.87. The monoisotopic (exact) mass is 213 g/mol. The van der Waals surface area contributed by atoms with Crippen LogP contribution in [0.1, 0.15) is 10.4 Å². The number of hydrogen-bond acceptors (Lipinski definition) is 1. The quantitative estimate of drug-likeness (QED) is 0.726. The molecule has 0 amide bonds. The molecular weight excluding hydrogens is 209 g/mol. The molecular formula is C9H5Cl2NO. The molecule has 0 fully saturated rings. The van der Waals surface area contributed by atoms with E-state index < -0.39 is 5.24 Å². The lowest BCUT2D eigenvalue weighted by atomic mass is 10.1. The molecule has 1 aromatic heterocycles. The minimum Gasteiger partial charge on any atom is -0.360 e. The van der Waals surface area contributed by atoms with E-state index in [0.29, 0.717) is 16.0 Å². The maximum atomic E-state index is 11.0. The van der Waals surface area contributed by atoms with Gasteiger partial charge in [-0.1, -0.05) is 17.7 Å². The Hall–Kier alpha value is -0.990. The zero-order valence-electron chi connectivity index (χ0n) is 6.47. The van der Waals surface area contributed by atoms with E-state index in [9.17, 15) is 4.79 Å². The van der Waals surface area contributed by atoms with E-state index in [1.807, 2.05) is 6.07 Å². The molecule has 2 aromatic rings. The SMILES string of the molecule is O=C(Cl)c1cccc2[nH]cc(Cl)c12. The van der Waals surface area contributed by atoms with Crippen molar-refractivity contribution in [3.05, 3.63) is 35.0 Å². The molecule has 0 radical (unpaired) electrons. The van der Waals surface area contributed by atoms with Gasteiger partial charge in [-0.15, -0.1) is 0 Å². The first-order chi connectivity index (χ1) is 6.20. The molecule has 1 N–H and O–H groups in total. The zero-order chi connectivity index (χ0) is 9.42. The molecule has 0 atom stereocenters. The average molecular weight is 214 g/mol. The summed E-state index contributed by atoms with van der Waals surface area (Å²) >= 11 is 11.3. The van der Waals surface area contributed by atoms with E-state index in [1.165, 1.54) is 0 Å². The number of hydrogen-bond donors (Lipinski definition) is 1. The number of halogens is 2. The predicted octanol–water partition coefficient (Wildman–Crippen LogP) is 3.20. The van der Waals surface area contributed by atoms with Gasteiger partial charge in [0.25, 0.3) is 5.24 Å². The van der Waals surface area contributed by atoms with Gasteiger partial charge in [-0.2, -0.15) is 0 Å². The Morgan fingerprint density at radius 1 is 1.38 bits per heavy atom. The molecule has 1 heterocycles. The number of aromatic nitrogens is 1. The normalized spacial score (nSPS) is 10.6. The average Bonchev–Trinajstić information content (AvgIpc) is 2.48. The molecule has 0 aliphatic heterocycles. The van der Waals surface area contributed by atoms with Crippen LogP contribution >= 0.6 is 23.2 Å². The van der Waals surface area contributed by atoms with Crippen LogP contribution in [-0.2, 0) is 0 Å². The topological polar surface area (TPSA) is 32.9 Å². The number of rotatable bonds is 1. The maximum Gasteiger partial charge on any atom is 0.253 e. The highest BCUT2D eigenvalue weighted by atomic mass is 35.5. The first kappa shape index (κ1) is 8.60. The van der Waals surface area contributed by atoms with E-state index in [1.54, 1.807) is 18.3 Å². The van der Waals surface area contributed by atoms with Gasteiger partial charge in [0, 0.05) is 22.7 Å². The third kappa shape index (κ3) is 1.32. The standard InChI is InChI=1S/C9H5Cl2NO/c10-6-4-12-7-3-1-2-5(8(6)7)9(11)13/h1-4,12H. The van der Waals surface area contributed by atoms with Crippen molar-refractivity contribution in [2.75, 3.05) is 0 Å². The van der Waals surface area contributed by atoms with Crippen LogP contribution in [-0.4, -0.2) is 10.2 Å². The Morgan fingerprint density at radius 2 is 2.15 bits per heavy atom. The van der Waals surface area contributed by atoms with Crippen molar-refractivity contribution in [2.24, 2.45) is 0 Å². The fourth-order valence-electron chi connectivity index (χ4n) is 1.31. The minimum absolute atomic E-state index is 0.436. The summed E-state index contributed by atoms with van der Waals surface area (Å²) in [5.74, 6) is 0. The number of benzene rings is 1. The summed E-state index contributed by atoms with van der Waals surface area (Å²) in [6.07, 6.45) is 1.63. The Kier molecular flexibility index (Phi) is 2.02. The minimum atomic E-state index is -0.493. The van der Waals surface area contributed by atoms with Gasteiger partial charge in [-0.25, -0.2) is 0 Å². The van der Waals surface area contributed by atoms with Gasteiger partial charge in [0.2, 0.25) is 0 Å². The van der Waals surface area contributed by atoms with Crippen LogP contribution in [0.25, 0.3) is 10.9 Å². The van der Waals surface area contributed by atoms with Gasteiger partial charge >= 0.3 is 0 Å². The van der Waals surface area contributed by atoms with Crippen LogP contribution in [0.2, 0.25) is 5.02 Å². The Labute approximate surface area is 84.5 Å². The maximum absolute atomic E-state index is 11.0. The number of nitrogens with one attached hydrogen (secondary N) is 1. The highest BCUT2D eigenvalue weighted by Crippen LogP contribution is 2.27. The molecule has 0 saturated carbocycles. The third-order valence-corrected chi connectivity index (χ3v) is 2.37. The Bertz CT molecular complexity index is 475. The van der Waals surface area contributed by atoms with E-state index >= 15 is 0 Å². The van der Waals surface area contributed by atoms with Crippen LogP contribution in [0, 0.1) is 0 Å². The van der Waals surface area contributed by atoms with Gasteiger partial charge in [0.1, 0.15) is 0 Å². The van der Waals surface area contributed by atoms with Crippen molar-refractivity contribution >= 4 is 39.3 Å². The van der Waals surface area contributed by atoms with E-state index in [-0.39, 0.29) is 0 Å². The smallest absolute Gasteiger partial charge is 0.253 e. The Morgan fingerprint density at radius 3 is 2.85 bits per heavy atom. The lowest BCUT2D eigenvalue weighted by Crippen LogP contribution is -1.88. The van der Waals surface area contributed by atoms with Crippen molar-refractivity contribution in [1.82, 2.24) is 4.98 Å². The number of fused-ring (bicyclic) bond motifs is 1. The van der Waals surface area contributed by atoms with Gasteiger partial charge in [-0.3, -0.25) is 4.79 Å². The summed E-state index contributed by atoms with van der Waals surface area (Å²) in [7, 11) is 0. The van der Waals surface area contributed by atoms with Crippen LogP contribution in [0.5, 0.6) is 0 Å². The molecule has 1 aromatic carbocycles. The summed E-state index contributed by atoms with van der Waals surface area (Å²) in [5, 5.41) is 0.705. The summed E-state index contributed by atoms with van der Waals surface area (Å²) in [5.41, 5.74) is 1.25. The molecule has 0 aliphatic rings. The van der Waals surface area contributed by atoms with Crippen LogP contribution in [0.15, 0.2) is 24.4 Å². The summed E-state index contributed by atoms with van der Waals surface area (Å²) < 4.78 is 0.